The Morgan fingerprint density at radius 2 is 1.75 bits per heavy atom. The second kappa shape index (κ2) is 10.8. The average Bonchev–Trinajstić information content (AvgIpc) is 3.30. The molecule has 2 unspecified atom stereocenters. The van der Waals surface area contributed by atoms with Gasteiger partial charge in [0.25, 0.3) is 5.91 Å². The molecule has 2 aromatic rings. The van der Waals surface area contributed by atoms with Gasteiger partial charge in [0.2, 0.25) is 11.8 Å². The first-order valence-electron chi connectivity index (χ1n) is 12.8. The highest BCUT2D eigenvalue weighted by Crippen LogP contribution is 2.33. The van der Waals surface area contributed by atoms with Crippen LogP contribution in [0.15, 0.2) is 48.8 Å². The molecule has 0 spiro atoms. The smallest absolute Gasteiger partial charge is 0.250 e. The quantitative estimate of drug-likeness (QED) is 0.630. The maximum absolute atomic E-state index is 14.3. The number of hydrogen-bond acceptors (Lipinski definition) is 4. The lowest BCUT2D eigenvalue weighted by atomic mass is 9.87. The molecule has 2 atom stereocenters. The van der Waals surface area contributed by atoms with Crippen molar-refractivity contribution in [3.05, 3.63) is 59.9 Å². The second-order valence-corrected chi connectivity index (χ2v) is 11.5. The number of nitrogens with one attached hydrogen (secondary N) is 1. The van der Waals surface area contributed by atoms with Crippen molar-refractivity contribution in [2.45, 2.75) is 90.8 Å². The van der Waals surface area contributed by atoms with Crippen LogP contribution in [0.2, 0.25) is 0 Å². The molecule has 0 aliphatic carbocycles. The zero-order valence-electron chi connectivity index (χ0n) is 22.7. The summed E-state index contributed by atoms with van der Waals surface area (Å²) in [5.41, 5.74) is 1.79. The summed E-state index contributed by atoms with van der Waals surface area (Å²) in [6.45, 7) is 14.5. The van der Waals surface area contributed by atoms with Gasteiger partial charge in [-0.25, -0.2) is 0 Å². The first kappa shape index (κ1) is 27.4. The zero-order chi connectivity index (χ0) is 26.7. The van der Waals surface area contributed by atoms with Crippen LogP contribution < -0.4 is 10.2 Å². The standard InChI is InChI=1S/C29H40N4O3/c1-8-24(34)32-18-10-12-23(32)27(36)33(22-15-13-21(14-16-22)28(2,3)4)25(20-11-9-17-30-19-20)26(35)31-29(5,6)7/h9,11,13-17,19,23,25H,8,10,12,18H2,1-7H3,(H,31,35). The maximum Gasteiger partial charge on any atom is 0.250 e. The topological polar surface area (TPSA) is 82.6 Å². The van der Waals surface area contributed by atoms with Crippen molar-refractivity contribution in [3.63, 3.8) is 0 Å². The molecule has 0 radical (unpaired) electrons. The fraction of sp³-hybridized carbons (Fsp3) is 0.517. The Kier molecular flexibility index (Phi) is 8.22. The highest BCUT2D eigenvalue weighted by atomic mass is 16.2. The Hall–Kier alpha value is -3.22. The van der Waals surface area contributed by atoms with Crippen molar-refractivity contribution < 1.29 is 14.4 Å². The Morgan fingerprint density at radius 1 is 1.08 bits per heavy atom. The Labute approximate surface area is 215 Å². The van der Waals surface area contributed by atoms with Crippen LogP contribution in [-0.4, -0.2) is 45.7 Å². The molecule has 1 N–H and O–H groups in total. The van der Waals surface area contributed by atoms with Gasteiger partial charge in [-0.2, -0.15) is 0 Å². The molecule has 3 amide bonds. The van der Waals surface area contributed by atoms with Gasteiger partial charge in [-0.15, -0.1) is 0 Å². The van der Waals surface area contributed by atoms with Gasteiger partial charge in [0.05, 0.1) is 0 Å². The highest BCUT2D eigenvalue weighted by molar-refractivity contribution is 6.05. The van der Waals surface area contributed by atoms with Gasteiger partial charge >= 0.3 is 0 Å². The van der Waals surface area contributed by atoms with Gasteiger partial charge < -0.3 is 10.2 Å². The van der Waals surface area contributed by atoms with E-state index in [1.807, 2.05) is 51.1 Å². The van der Waals surface area contributed by atoms with Crippen LogP contribution in [0.25, 0.3) is 0 Å². The molecule has 1 aromatic heterocycles. The molecular formula is C29H40N4O3. The predicted octanol–water partition coefficient (Wildman–Crippen LogP) is 4.77. The molecule has 1 saturated heterocycles. The van der Waals surface area contributed by atoms with Crippen molar-refractivity contribution in [2.75, 3.05) is 11.4 Å². The minimum Gasteiger partial charge on any atom is -0.349 e. The summed E-state index contributed by atoms with van der Waals surface area (Å²) in [6.07, 6.45) is 4.93. The predicted molar refractivity (Wildman–Crippen MR) is 143 cm³/mol. The van der Waals surface area contributed by atoms with Gasteiger partial charge in [0.15, 0.2) is 0 Å². The van der Waals surface area contributed by atoms with E-state index < -0.39 is 17.6 Å². The summed E-state index contributed by atoms with van der Waals surface area (Å²) in [4.78, 5) is 48.2. The number of carbonyl (C=O) groups is 3. The molecule has 1 aliphatic heterocycles. The van der Waals surface area contributed by atoms with E-state index in [1.54, 1.807) is 35.2 Å². The highest BCUT2D eigenvalue weighted by Gasteiger charge is 2.42. The van der Waals surface area contributed by atoms with E-state index in [1.165, 1.54) is 0 Å². The first-order chi connectivity index (χ1) is 16.8. The SMILES string of the molecule is CCC(=O)N1CCCC1C(=O)N(c1ccc(C(C)(C)C)cc1)C(C(=O)NC(C)(C)C)c1cccnc1. The van der Waals surface area contributed by atoms with E-state index in [2.05, 4.69) is 31.1 Å². The number of carbonyl (C=O) groups excluding carboxylic acids is 3. The summed E-state index contributed by atoms with van der Waals surface area (Å²) in [5, 5.41) is 3.05. The average molecular weight is 493 g/mol. The number of hydrogen-bond donors (Lipinski definition) is 1. The third-order valence-corrected chi connectivity index (χ3v) is 6.41. The molecule has 1 fully saturated rings. The maximum atomic E-state index is 14.3. The van der Waals surface area contributed by atoms with E-state index in [4.69, 9.17) is 0 Å². The summed E-state index contributed by atoms with van der Waals surface area (Å²) in [6, 6.07) is 9.82. The van der Waals surface area contributed by atoms with Crippen molar-refractivity contribution in [2.24, 2.45) is 0 Å². The zero-order valence-corrected chi connectivity index (χ0v) is 22.7. The number of amides is 3. The van der Waals surface area contributed by atoms with Gasteiger partial charge in [-0.3, -0.25) is 24.3 Å². The largest absolute Gasteiger partial charge is 0.349 e. The summed E-state index contributed by atoms with van der Waals surface area (Å²) in [7, 11) is 0. The fourth-order valence-electron chi connectivity index (χ4n) is 4.60. The van der Waals surface area contributed by atoms with E-state index >= 15 is 0 Å². The van der Waals surface area contributed by atoms with Gasteiger partial charge in [-0.1, -0.05) is 45.9 Å². The molecular weight excluding hydrogens is 452 g/mol. The fourth-order valence-corrected chi connectivity index (χ4v) is 4.60. The summed E-state index contributed by atoms with van der Waals surface area (Å²) >= 11 is 0. The minimum atomic E-state index is -0.940. The Morgan fingerprint density at radius 3 is 2.28 bits per heavy atom. The van der Waals surface area contributed by atoms with Crippen LogP contribution in [0, 0.1) is 0 Å². The van der Waals surface area contributed by atoms with E-state index in [-0.39, 0.29) is 23.1 Å². The van der Waals surface area contributed by atoms with E-state index in [9.17, 15) is 14.4 Å². The number of benzene rings is 1. The van der Waals surface area contributed by atoms with Crippen molar-refractivity contribution in [3.8, 4) is 0 Å². The molecule has 0 saturated carbocycles. The number of anilines is 1. The monoisotopic (exact) mass is 492 g/mol. The molecule has 2 heterocycles. The number of aromatic nitrogens is 1. The third-order valence-electron chi connectivity index (χ3n) is 6.41. The van der Waals surface area contributed by atoms with Gasteiger partial charge in [0.1, 0.15) is 12.1 Å². The lowest BCUT2D eigenvalue weighted by Crippen LogP contribution is -2.54. The number of nitrogens with zero attached hydrogens (tertiary/aromatic N) is 3. The molecule has 1 aromatic carbocycles. The molecule has 194 valence electrons. The Bertz CT molecular complexity index is 1070. The van der Waals surface area contributed by atoms with Crippen LogP contribution >= 0.6 is 0 Å². The van der Waals surface area contributed by atoms with Gasteiger partial charge in [0, 0.05) is 42.1 Å². The molecule has 36 heavy (non-hydrogen) atoms. The molecule has 7 heteroatoms. The van der Waals surface area contributed by atoms with Crippen LogP contribution in [-0.2, 0) is 19.8 Å². The summed E-state index contributed by atoms with van der Waals surface area (Å²) < 4.78 is 0. The summed E-state index contributed by atoms with van der Waals surface area (Å²) in [5.74, 6) is -0.600. The number of pyridine rings is 1. The molecule has 0 bridgehead atoms. The van der Waals surface area contributed by atoms with Crippen molar-refractivity contribution in [1.82, 2.24) is 15.2 Å². The van der Waals surface area contributed by atoms with E-state index in [0.717, 1.165) is 12.0 Å². The number of rotatable bonds is 6. The lowest BCUT2D eigenvalue weighted by Gasteiger charge is -2.37. The van der Waals surface area contributed by atoms with Crippen LogP contribution in [0.1, 0.15) is 84.9 Å². The van der Waals surface area contributed by atoms with Crippen molar-refractivity contribution in [1.29, 1.82) is 0 Å². The van der Waals surface area contributed by atoms with Crippen LogP contribution in [0.5, 0.6) is 0 Å². The first-order valence-corrected chi connectivity index (χ1v) is 12.8. The third kappa shape index (κ3) is 6.31. The second-order valence-electron chi connectivity index (χ2n) is 11.5. The normalized spacial score (nSPS) is 17.0. The lowest BCUT2D eigenvalue weighted by molar-refractivity contribution is -0.137. The van der Waals surface area contributed by atoms with Gasteiger partial charge in [-0.05, 0) is 62.8 Å². The van der Waals surface area contributed by atoms with E-state index in [0.29, 0.717) is 30.6 Å². The molecule has 1 aliphatic rings. The Balaban J connectivity index is 2.16. The van der Waals surface area contributed by atoms with Crippen LogP contribution in [0.3, 0.4) is 0 Å². The minimum absolute atomic E-state index is 0.0500. The molecule has 7 nitrogen and oxygen atoms in total. The van der Waals surface area contributed by atoms with Crippen molar-refractivity contribution >= 4 is 23.4 Å². The molecule has 3 rings (SSSR count). The number of likely N-dealkylation sites (tertiary alicyclic amines) is 1. The van der Waals surface area contributed by atoms with Crippen LogP contribution in [0.4, 0.5) is 5.69 Å².